The number of anilines is 1. The number of nitrogens with zero attached hydrogens (tertiary/aromatic N) is 1. The van der Waals surface area contributed by atoms with Crippen molar-refractivity contribution < 1.29 is 21.6 Å². The number of nitrogen functional groups attached to an aromatic ring is 1. The average Bonchev–Trinajstić information content (AvgIpc) is 2.13. The largest absolute Gasteiger partial charge is 0.402 e. The van der Waals surface area contributed by atoms with Crippen LogP contribution in [0.3, 0.4) is 0 Å². The van der Waals surface area contributed by atoms with E-state index in [0.29, 0.717) is 5.56 Å². The lowest BCUT2D eigenvalue weighted by Crippen LogP contribution is -2.35. The SMILES string of the molecule is Cc1cc(N)cc(S(=O)(=O)N(C)CC(F)(F)F)c1. The summed E-state index contributed by atoms with van der Waals surface area (Å²) in [7, 11) is -3.31. The fourth-order valence-electron chi connectivity index (χ4n) is 1.44. The van der Waals surface area contributed by atoms with Gasteiger partial charge in [0.2, 0.25) is 10.0 Å². The predicted octanol–water partition coefficient (Wildman–Crippen LogP) is 1.76. The molecule has 0 aromatic heterocycles. The molecule has 4 nitrogen and oxygen atoms in total. The van der Waals surface area contributed by atoms with E-state index in [9.17, 15) is 21.6 Å². The third-order valence-electron chi connectivity index (χ3n) is 2.18. The molecule has 0 aliphatic heterocycles. The molecule has 0 aliphatic carbocycles. The van der Waals surface area contributed by atoms with Gasteiger partial charge in [0.25, 0.3) is 0 Å². The first-order valence-corrected chi connectivity index (χ1v) is 6.36. The van der Waals surface area contributed by atoms with E-state index in [-0.39, 0.29) is 14.9 Å². The molecule has 0 bridgehead atoms. The van der Waals surface area contributed by atoms with E-state index < -0.39 is 22.7 Å². The van der Waals surface area contributed by atoms with Crippen LogP contribution in [0.4, 0.5) is 18.9 Å². The summed E-state index contributed by atoms with van der Waals surface area (Å²) in [4.78, 5) is -0.244. The third kappa shape index (κ3) is 3.61. The number of nitrogens with two attached hydrogens (primary N) is 1. The maximum atomic E-state index is 12.2. The summed E-state index contributed by atoms with van der Waals surface area (Å²) < 4.78 is 60.6. The van der Waals surface area contributed by atoms with Crippen molar-refractivity contribution in [3.63, 3.8) is 0 Å². The van der Waals surface area contributed by atoms with Crippen LogP contribution in [0.15, 0.2) is 23.1 Å². The Hall–Kier alpha value is -1.28. The predicted molar refractivity (Wildman–Crippen MR) is 61.5 cm³/mol. The Morgan fingerprint density at radius 3 is 2.28 bits per heavy atom. The van der Waals surface area contributed by atoms with Crippen molar-refractivity contribution in [3.8, 4) is 0 Å². The summed E-state index contributed by atoms with van der Waals surface area (Å²) in [5, 5.41) is 0. The van der Waals surface area contributed by atoms with Crippen LogP contribution < -0.4 is 5.73 Å². The van der Waals surface area contributed by atoms with E-state index in [1.807, 2.05) is 0 Å². The second-order valence-electron chi connectivity index (χ2n) is 3.96. The number of rotatable bonds is 3. The van der Waals surface area contributed by atoms with Gasteiger partial charge >= 0.3 is 6.18 Å². The molecular weight excluding hydrogens is 269 g/mol. The lowest BCUT2D eigenvalue weighted by molar-refractivity contribution is -0.134. The van der Waals surface area contributed by atoms with Crippen molar-refractivity contribution in [3.05, 3.63) is 23.8 Å². The fraction of sp³-hybridized carbons (Fsp3) is 0.400. The quantitative estimate of drug-likeness (QED) is 0.859. The van der Waals surface area contributed by atoms with Gasteiger partial charge in [-0.2, -0.15) is 17.5 Å². The zero-order chi connectivity index (χ0) is 14.1. The molecule has 1 aromatic rings. The van der Waals surface area contributed by atoms with Gasteiger partial charge in [-0.3, -0.25) is 0 Å². The Labute approximate surface area is 103 Å². The van der Waals surface area contributed by atoms with E-state index in [2.05, 4.69) is 0 Å². The van der Waals surface area contributed by atoms with Crippen LogP contribution in [0.25, 0.3) is 0 Å². The van der Waals surface area contributed by atoms with Crippen molar-refractivity contribution in [1.82, 2.24) is 4.31 Å². The zero-order valence-electron chi connectivity index (χ0n) is 9.82. The summed E-state index contributed by atoms with van der Waals surface area (Å²) in [6.07, 6.45) is -4.59. The van der Waals surface area contributed by atoms with Crippen molar-refractivity contribution >= 4 is 15.7 Å². The molecular formula is C10H13F3N2O2S. The number of aryl methyl sites for hydroxylation is 1. The first kappa shape index (κ1) is 14.8. The maximum absolute atomic E-state index is 12.2. The number of sulfonamides is 1. The molecule has 1 aromatic carbocycles. The van der Waals surface area contributed by atoms with Gasteiger partial charge in [0.15, 0.2) is 0 Å². The van der Waals surface area contributed by atoms with Gasteiger partial charge in [0, 0.05) is 12.7 Å². The summed E-state index contributed by atoms with van der Waals surface area (Å²) in [5.41, 5.74) is 6.23. The molecule has 0 spiro atoms. The second-order valence-corrected chi connectivity index (χ2v) is 6.00. The molecule has 0 unspecified atom stereocenters. The van der Waals surface area contributed by atoms with E-state index in [0.717, 1.165) is 13.1 Å². The number of hydrogen-bond acceptors (Lipinski definition) is 3. The molecule has 0 radical (unpaired) electrons. The van der Waals surface area contributed by atoms with E-state index in [1.165, 1.54) is 12.1 Å². The van der Waals surface area contributed by atoms with E-state index >= 15 is 0 Å². The van der Waals surface area contributed by atoms with Gasteiger partial charge in [-0.05, 0) is 30.7 Å². The smallest absolute Gasteiger partial charge is 0.399 e. The van der Waals surface area contributed by atoms with Crippen LogP contribution in [-0.4, -0.2) is 32.5 Å². The molecule has 2 N–H and O–H groups in total. The highest BCUT2D eigenvalue weighted by Gasteiger charge is 2.34. The van der Waals surface area contributed by atoms with Crippen molar-refractivity contribution in [2.75, 3.05) is 19.3 Å². The molecule has 0 heterocycles. The van der Waals surface area contributed by atoms with Crippen LogP contribution in [0.2, 0.25) is 0 Å². The van der Waals surface area contributed by atoms with Crippen LogP contribution in [0.5, 0.6) is 0 Å². The highest BCUT2D eigenvalue weighted by atomic mass is 32.2. The Morgan fingerprint density at radius 1 is 1.28 bits per heavy atom. The monoisotopic (exact) mass is 282 g/mol. The lowest BCUT2D eigenvalue weighted by Gasteiger charge is -2.19. The summed E-state index contributed by atoms with van der Waals surface area (Å²) in [6, 6.07) is 3.94. The summed E-state index contributed by atoms with van der Waals surface area (Å²) in [6.45, 7) is 0.0717. The lowest BCUT2D eigenvalue weighted by atomic mass is 10.2. The maximum Gasteiger partial charge on any atom is 0.402 e. The van der Waals surface area contributed by atoms with Crippen LogP contribution in [0, 0.1) is 6.92 Å². The van der Waals surface area contributed by atoms with Crippen molar-refractivity contribution in [2.45, 2.75) is 18.0 Å². The standard InChI is InChI=1S/C10H13F3N2O2S/c1-7-3-8(14)5-9(4-7)18(16,17)15(2)6-10(11,12)13/h3-5H,6,14H2,1-2H3. The van der Waals surface area contributed by atoms with Gasteiger partial charge in [-0.1, -0.05) is 0 Å². The number of benzene rings is 1. The fourth-order valence-corrected chi connectivity index (χ4v) is 2.74. The normalized spacial score (nSPS) is 13.0. The van der Waals surface area contributed by atoms with Gasteiger partial charge in [0.1, 0.15) is 6.54 Å². The molecule has 0 saturated carbocycles. The zero-order valence-corrected chi connectivity index (χ0v) is 10.6. The van der Waals surface area contributed by atoms with Crippen LogP contribution in [0.1, 0.15) is 5.56 Å². The molecule has 0 fully saturated rings. The Bertz CT molecular complexity index is 520. The highest BCUT2D eigenvalue weighted by molar-refractivity contribution is 7.89. The minimum absolute atomic E-state index is 0.189. The summed E-state index contributed by atoms with van der Waals surface area (Å²) >= 11 is 0. The van der Waals surface area contributed by atoms with Crippen LogP contribution in [-0.2, 0) is 10.0 Å². The molecule has 102 valence electrons. The van der Waals surface area contributed by atoms with E-state index in [1.54, 1.807) is 6.92 Å². The van der Waals surface area contributed by atoms with Crippen molar-refractivity contribution in [2.24, 2.45) is 0 Å². The Morgan fingerprint density at radius 2 is 1.83 bits per heavy atom. The molecule has 0 atom stereocenters. The average molecular weight is 282 g/mol. The molecule has 1 rings (SSSR count). The Kier molecular flexibility index (Phi) is 3.92. The highest BCUT2D eigenvalue weighted by Crippen LogP contribution is 2.23. The van der Waals surface area contributed by atoms with Gasteiger partial charge in [-0.25, -0.2) is 8.42 Å². The minimum atomic E-state index is -4.59. The van der Waals surface area contributed by atoms with Gasteiger partial charge in [-0.15, -0.1) is 0 Å². The third-order valence-corrected chi connectivity index (χ3v) is 3.96. The Balaban J connectivity index is 3.13. The molecule has 0 aliphatic rings. The van der Waals surface area contributed by atoms with Crippen molar-refractivity contribution in [1.29, 1.82) is 0 Å². The topological polar surface area (TPSA) is 63.4 Å². The number of halogens is 3. The van der Waals surface area contributed by atoms with Crippen LogP contribution >= 0.6 is 0 Å². The second kappa shape index (κ2) is 4.77. The first-order valence-electron chi connectivity index (χ1n) is 4.92. The molecule has 0 amide bonds. The molecule has 8 heteroatoms. The van der Waals surface area contributed by atoms with E-state index in [4.69, 9.17) is 5.73 Å². The molecule has 0 saturated heterocycles. The number of alkyl halides is 3. The first-order chi connectivity index (χ1) is 8.02. The molecule has 18 heavy (non-hydrogen) atoms. The van der Waals surface area contributed by atoms with Gasteiger partial charge in [0.05, 0.1) is 4.90 Å². The van der Waals surface area contributed by atoms with Gasteiger partial charge < -0.3 is 5.73 Å². The summed E-state index contributed by atoms with van der Waals surface area (Å²) in [5.74, 6) is 0. The number of hydrogen-bond donors (Lipinski definition) is 1. The minimum Gasteiger partial charge on any atom is -0.399 e.